The van der Waals surface area contributed by atoms with Crippen LogP contribution in [0.15, 0.2) is 71.9 Å². The fourth-order valence-electron chi connectivity index (χ4n) is 3.68. The molecule has 2 aromatic carbocycles. The number of hydrogen-bond donors (Lipinski definition) is 3. The molecule has 0 aliphatic heterocycles. The number of benzene rings is 2. The second-order valence-corrected chi connectivity index (χ2v) is 11.0. The zero-order valence-electron chi connectivity index (χ0n) is 19.9. The molecule has 0 aliphatic rings. The highest BCUT2D eigenvalue weighted by atomic mass is 32.2. The number of pyridine rings is 2. The number of nitrogens with one attached hydrogen (secondary N) is 2. The number of anilines is 2. The number of imidazole rings is 1. The number of fused-ring (bicyclic) bond motifs is 2. The van der Waals surface area contributed by atoms with E-state index in [0.717, 1.165) is 27.4 Å². The first-order valence-corrected chi connectivity index (χ1v) is 13.0. The molecule has 0 spiro atoms. The van der Waals surface area contributed by atoms with Crippen molar-refractivity contribution in [2.45, 2.75) is 24.3 Å². The molecule has 0 radical (unpaired) electrons. The van der Waals surface area contributed by atoms with Crippen LogP contribution in [-0.2, 0) is 15.4 Å². The first kappa shape index (κ1) is 23.5. The average Bonchev–Trinajstić information content (AvgIpc) is 3.27. The predicted octanol–water partition coefficient (Wildman–Crippen LogP) is 4.28. The number of rotatable bonds is 4. The van der Waals surface area contributed by atoms with E-state index >= 15 is 0 Å². The van der Waals surface area contributed by atoms with Crippen molar-refractivity contribution in [3.05, 3.63) is 84.1 Å². The zero-order valence-corrected chi connectivity index (χ0v) is 20.7. The lowest BCUT2D eigenvalue weighted by Gasteiger charge is -2.12. The number of aliphatic hydroxyl groups is 1. The fourth-order valence-corrected chi connectivity index (χ4v) is 4.31. The van der Waals surface area contributed by atoms with Gasteiger partial charge in [0.05, 0.1) is 15.9 Å². The van der Waals surface area contributed by atoms with E-state index in [4.69, 9.17) is 0 Å². The molecule has 0 fully saturated rings. The zero-order chi connectivity index (χ0) is 25.5. The third-order valence-electron chi connectivity index (χ3n) is 5.59. The maximum absolute atomic E-state index is 11.7. The predicted molar refractivity (Wildman–Crippen MR) is 140 cm³/mol. The molecule has 5 rings (SSSR count). The quantitative estimate of drug-likeness (QED) is 0.317. The van der Waals surface area contributed by atoms with E-state index in [1.807, 2.05) is 30.3 Å². The Hall–Kier alpha value is -4.26. The summed E-state index contributed by atoms with van der Waals surface area (Å²) in [5.41, 5.74) is 2.59. The van der Waals surface area contributed by atoms with Crippen LogP contribution in [0.5, 0.6) is 0 Å². The Morgan fingerprint density at radius 3 is 2.50 bits per heavy atom. The summed E-state index contributed by atoms with van der Waals surface area (Å²) in [6.45, 7) is 3.36. The van der Waals surface area contributed by atoms with E-state index in [0.29, 0.717) is 23.0 Å². The van der Waals surface area contributed by atoms with Crippen molar-refractivity contribution >= 4 is 43.1 Å². The van der Waals surface area contributed by atoms with Crippen molar-refractivity contribution in [2.75, 3.05) is 11.6 Å². The van der Waals surface area contributed by atoms with Crippen molar-refractivity contribution in [1.82, 2.24) is 19.9 Å². The normalized spacial score (nSPS) is 11.9. The molecule has 9 heteroatoms. The molecule has 8 nitrogen and oxygen atoms in total. The lowest BCUT2D eigenvalue weighted by atomic mass is 10.1. The molecule has 3 aromatic heterocycles. The summed E-state index contributed by atoms with van der Waals surface area (Å²) >= 11 is 0. The van der Waals surface area contributed by atoms with Crippen LogP contribution in [0.25, 0.3) is 21.8 Å². The molecular formula is C27H23N5O3S. The molecular weight excluding hydrogens is 474 g/mol. The minimum absolute atomic E-state index is 0.255. The Balaban J connectivity index is 1.45. The van der Waals surface area contributed by atoms with Crippen LogP contribution >= 0.6 is 0 Å². The van der Waals surface area contributed by atoms with Gasteiger partial charge in [0.2, 0.25) is 0 Å². The van der Waals surface area contributed by atoms with E-state index in [1.54, 1.807) is 50.5 Å². The van der Waals surface area contributed by atoms with Gasteiger partial charge in [-0.15, -0.1) is 0 Å². The summed E-state index contributed by atoms with van der Waals surface area (Å²) in [4.78, 5) is 16.8. The van der Waals surface area contributed by atoms with Crippen molar-refractivity contribution in [1.29, 1.82) is 0 Å². The molecule has 5 aromatic rings. The topological polar surface area (TPSA) is 121 Å². The number of H-pyrrole nitrogens is 1. The molecule has 0 saturated heterocycles. The van der Waals surface area contributed by atoms with Crippen LogP contribution in [0, 0.1) is 11.8 Å². The fraction of sp³-hybridized carbons (Fsp3) is 0.148. The summed E-state index contributed by atoms with van der Waals surface area (Å²) < 4.78 is 23.4. The van der Waals surface area contributed by atoms with Gasteiger partial charge < -0.3 is 15.4 Å². The number of sulfone groups is 1. The van der Waals surface area contributed by atoms with E-state index in [1.165, 1.54) is 6.26 Å². The summed E-state index contributed by atoms with van der Waals surface area (Å²) in [6.07, 6.45) is 4.61. The third-order valence-corrected chi connectivity index (χ3v) is 6.72. The summed E-state index contributed by atoms with van der Waals surface area (Å²) in [5.74, 6) is 7.40. The molecule has 0 aliphatic carbocycles. The van der Waals surface area contributed by atoms with Gasteiger partial charge in [0.25, 0.3) is 0 Å². The van der Waals surface area contributed by atoms with Gasteiger partial charge in [0.1, 0.15) is 22.9 Å². The van der Waals surface area contributed by atoms with Gasteiger partial charge in [-0.2, -0.15) is 0 Å². The number of nitrogens with zero attached hydrogens (tertiary/aromatic N) is 3. The number of hydrogen-bond acceptors (Lipinski definition) is 7. The van der Waals surface area contributed by atoms with Crippen LogP contribution in [0.4, 0.5) is 11.5 Å². The van der Waals surface area contributed by atoms with Crippen LogP contribution in [0.3, 0.4) is 0 Å². The van der Waals surface area contributed by atoms with E-state index in [-0.39, 0.29) is 4.90 Å². The van der Waals surface area contributed by atoms with E-state index < -0.39 is 15.4 Å². The Morgan fingerprint density at radius 1 is 1.00 bits per heavy atom. The summed E-state index contributed by atoms with van der Waals surface area (Å²) in [6, 6.07) is 15.9. The third kappa shape index (κ3) is 4.91. The van der Waals surface area contributed by atoms with Gasteiger partial charge in [-0.1, -0.05) is 5.92 Å². The highest BCUT2D eigenvalue weighted by Crippen LogP contribution is 2.24. The van der Waals surface area contributed by atoms with Gasteiger partial charge in [0.15, 0.2) is 9.84 Å². The first-order valence-electron chi connectivity index (χ1n) is 11.1. The highest BCUT2D eigenvalue weighted by molar-refractivity contribution is 7.90. The second kappa shape index (κ2) is 8.75. The molecule has 0 atom stereocenters. The maximum Gasteiger partial charge on any atom is 0.175 e. The average molecular weight is 498 g/mol. The van der Waals surface area contributed by atoms with E-state index in [9.17, 15) is 13.5 Å². The molecule has 180 valence electrons. The number of aromatic nitrogens is 4. The molecule has 0 unspecified atom stereocenters. The molecule has 36 heavy (non-hydrogen) atoms. The molecule has 0 saturated carbocycles. The Bertz CT molecular complexity index is 1770. The lowest BCUT2D eigenvalue weighted by Crippen LogP contribution is -2.17. The van der Waals surface area contributed by atoms with Crippen molar-refractivity contribution in [3.63, 3.8) is 0 Å². The highest BCUT2D eigenvalue weighted by Gasteiger charge is 2.20. The van der Waals surface area contributed by atoms with Gasteiger partial charge in [-0.3, -0.25) is 0 Å². The standard InChI is InChI=1S/C27H23N5O3S/c1-27(2,33)26-31-23-11-5-17(14-24(23)32-26)4-10-22-21-15-25(29-16-18(21)12-13-28-22)30-19-6-8-20(9-7-19)36(3,34)35/h5-9,11-16,33H,1-3H3,(H,29,30)(H,31,32). The molecule has 3 N–H and O–H groups in total. The van der Waals surface area contributed by atoms with Crippen molar-refractivity contribution < 1.29 is 13.5 Å². The minimum Gasteiger partial charge on any atom is -0.383 e. The van der Waals surface area contributed by atoms with Crippen LogP contribution in [-0.4, -0.2) is 39.7 Å². The lowest BCUT2D eigenvalue weighted by molar-refractivity contribution is 0.0700. The van der Waals surface area contributed by atoms with Gasteiger partial charge in [-0.25, -0.2) is 23.4 Å². The maximum atomic E-state index is 11.7. The SMILES string of the molecule is CC(C)(O)c1nc2ccc(C#Cc3nccc4cnc(Nc5ccc(S(C)(=O)=O)cc5)cc34)cc2[nH]1. The Morgan fingerprint density at radius 2 is 1.78 bits per heavy atom. The minimum atomic E-state index is -3.26. The largest absolute Gasteiger partial charge is 0.383 e. The Kier molecular flexibility index (Phi) is 5.71. The van der Waals surface area contributed by atoms with Gasteiger partial charge in [-0.05, 0) is 74.4 Å². The molecule has 0 amide bonds. The monoisotopic (exact) mass is 497 g/mol. The van der Waals surface area contributed by atoms with Crippen molar-refractivity contribution in [3.8, 4) is 11.8 Å². The number of aromatic amines is 1. The van der Waals surface area contributed by atoms with Gasteiger partial charge >= 0.3 is 0 Å². The van der Waals surface area contributed by atoms with Crippen LogP contribution < -0.4 is 5.32 Å². The first-order chi connectivity index (χ1) is 17.1. The summed E-state index contributed by atoms with van der Waals surface area (Å²) in [7, 11) is -3.26. The van der Waals surface area contributed by atoms with E-state index in [2.05, 4.69) is 37.1 Å². The molecule has 0 bridgehead atoms. The van der Waals surface area contributed by atoms with Gasteiger partial charge in [0, 0.05) is 40.7 Å². The van der Waals surface area contributed by atoms with Crippen molar-refractivity contribution in [2.24, 2.45) is 0 Å². The smallest absolute Gasteiger partial charge is 0.175 e. The molecule has 3 heterocycles. The van der Waals surface area contributed by atoms with Crippen LogP contribution in [0.1, 0.15) is 30.9 Å². The Labute approximate surface area is 208 Å². The second-order valence-electron chi connectivity index (χ2n) is 9.00. The van der Waals surface area contributed by atoms with Crippen LogP contribution in [0.2, 0.25) is 0 Å². The summed E-state index contributed by atoms with van der Waals surface area (Å²) in [5, 5.41) is 15.1.